The van der Waals surface area contributed by atoms with Gasteiger partial charge in [-0.05, 0) is 69.2 Å². The smallest absolute Gasteiger partial charge is 0.267 e. The van der Waals surface area contributed by atoms with Gasteiger partial charge in [0.05, 0.1) is 21.8 Å². The molecule has 2 aromatic heterocycles. The van der Waals surface area contributed by atoms with Gasteiger partial charge in [-0.15, -0.1) is 10.2 Å². The van der Waals surface area contributed by atoms with Crippen LogP contribution in [0, 0.1) is 20.8 Å². The summed E-state index contributed by atoms with van der Waals surface area (Å²) in [6, 6.07) is 21.1. The van der Waals surface area contributed by atoms with Gasteiger partial charge >= 0.3 is 0 Å². The van der Waals surface area contributed by atoms with E-state index in [4.69, 9.17) is 0 Å². The molecule has 0 radical (unpaired) electrons. The summed E-state index contributed by atoms with van der Waals surface area (Å²) >= 11 is 1.30. The minimum Gasteiger partial charge on any atom is -0.325 e. The molecule has 0 bridgehead atoms. The molecule has 0 spiro atoms. The van der Waals surface area contributed by atoms with E-state index in [1.165, 1.54) is 11.8 Å². The second-order valence-corrected chi connectivity index (χ2v) is 9.99. The molecule has 35 heavy (non-hydrogen) atoms. The lowest BCUT2D eigenvalue weighted by atomic mass is 10.1. The molecule has 5 rings (SSSR count). The van der Waals surface area contributed by atoms with Crippen molar-refractivity contribution >= 4 is 40.0 Å². The predicted octanol–water partition coefficient (Wildman–Crippen LogP) is 5.08. The number of para-hydroxylation sites is 1. The van der Waals surface area contributed by atoms with Crippen LogP contribution >= 0.6 is 11.8 Å². The number of nitrogens with one attached hydrogen (secondary N) is 1. The van der Waals surface area contributed by atoms with Crippen molar-refractivity contribution in [3.05, 3.63) is 93.8 Å². The zero-order chi connectivity index (χ0) is 24.7. The maximum atomic E-state index is 13.6. The highest BCUT2D eigenvalue weighted by Gasteiger charge is 2.22. The maximum Gasteiger partial charge on any atom is 0.267 e. The van der Waals surface area contributed by atoms with E-state index in [2.05, 4.69) is 15.5 Å². The number of amides is 1. The SMILES string of the molecule is Cc1ccc(NC(=O)C(C)Sc2nnc3n(-c4cc(C)ccc4C)c(=O)c4ccccc4n23)cc1. The van der Waals surface area contributed by atoms with Crippen LogP contribution in [0.25, 0.3) is 22.4 Å². The van der Waals surface area contributed by atoms with Crippen LogP contribution in [0.15, 0.2) is 76.7 Å². The standard InChI is InChI=1S/C27H25N5O2S/c1-16-10-13-20(14-11-16)28-24(33)19(4)35-27-30-29-26-31(23-15-17(2)9-12-18(23)3)25(34)21-7-5-6-8-22(21)32(26)27/h5-15,19H,1-4H3,(H,28,33). The van der Waals surface area contributed by atoms with Gasteiger partial charge in [0.2, 0.25) is 11.7 Å². The molecule has 176 valence electrons. The molecule has 5 aromatic rings. The summed E-state index contributed by atoms with van der Waals surface area (Å²) in [5, 5.41) is 12.4. The zero-order valence-corrected chi connectivity index (χ0v) is 20.8. The minimum absolute atomic E-state index is 0.136. The van der Waals surface area contributed by atoms with Crippen LogP contribution in [0.4, 0.5) is 5.69 Å². The molecule has 1 amide bonds. The number of aryl methyl sites for hydroxylation is 3. The average Bonchev–Trinajstić information content (AvgIpc) is 3.26. The lowest BCUT2D eigenvalue weighted by Gasteiger charge is -2.15. The van der Waals surface area contributed by atoms with Crippen molar-refractivity contribution in [1.29, 1.82) is 0 Å². The van der Waals surface area contributed by atoms with Crippen LogP contribution in [0.1, 0.15) is 23.6 Å². The molecule has 1 unspecified atom stereocenters. The van der Waals surface area contributed by atoms with Crippen LogP contribution in [-0.2, 0) is 4.79 Å². The van der Waals surface area contributed by atoms with Crippen molar-refractivity contribution in [1.82, 2.24) is 19.2 Å². The second kappa shape index (κ2) is 9.03. The number of nitrogens with zero attached hydrogens (tertiary/aromatic N) is 4. The van der Waals surface area contributed by atoms with Crippen molar-refractivity contribution < 1.29 is 4.79 Å². The van der Waals surface area contributed by atoms with Crippen LogP contribution in [-0.4, -0.2) is 30.3 Å². The van der Waals surface area contributed by atoms with Gasteiger partial charge in [0.15, 0.2) is 5.16 Å². The number of benzene rings is 3. The molecule has 3 aromatic carbocycles. The summed E-state index contributed by atoms with van der Waals surface area (Å²) in [5.41, 5.74) is 5.18. The van der Waals surface area contributed by atoms with E-state index in [9.17, 15) is 9.59 Å². The Balaban J connectivity index is 1.61. The molecule has 0 aliphatic rings. The first-order chi connectivity index (χ1) is 16.8. The van der Waals surface area contributed by atoms with E-state index in [0.29, 0.717) is 21.8 Å². The number of hydrogen-bond donors (Lipinski definition) is 1. The molecular formula is C27H25N5O2S. The van der Waals surface area contributed by atoms with E-state index >= 15 is 0 Å². The van der Waals surface area contributed by atoms with Crippen LogP contribution in [0.2, 0.25) is 0 Å². The third-order valence-corrected chi connectivity index (χ3v) is 7.01. The summed E-state index contributed by atoms with van der Waals surface area (Å²) < 4.78 is 3.47. The van der Waals surface area contributed by atoms with Gasteiger partial charge in [-0.2, -0.15) is 0 Å². The highest BCUT2D eigenvalue weighted by Crippen LogP contribution is 2.27. The molecule has 0 aliphatic heterocycles. The summed E-state index contributed by atoms with van der Waals surface area (Å²) in [4.78, 5) is 26.5. The van der Waals surface area contributed by atoms with E-state index in [0.717, 1.165) is 28.1 Å². The van der Waals surface area contributed by atoms with Gasteiger partial charge in [0.25, 0.3) is 5.56 Å². The van der Waals surface area contributed by atoms with Crippen LogP contribution in [0.3, 0.4) is 0 Å². The second-order valence-electron chi connectivity index (χ2n) is 8.68. The maximum absolute atomic E-state index is 13.6. The minimum atomic E-state index is -0.441. The van der Waals surface area contributed by atoms with E-state index < -0.39 is 5.25 Å². The zero-order valence-electron chi connectivity index (χ0n) is 19.9. The van der Waals surface area contributed by atoms with Crippen molar-refractivity contribution in [3.63, 3.8) is 0 Å². The van der Waals surface area contributed by atoms with E-state index in [1.807, 2.05) is 92.8 Å². The molecule has 1 N–H and O–H groups in total. The highest BCUT2D eigenvalue weighted by molar-refractivity contribution is 8.00. The van der Waals surface area contributed by atoms with Gasteiger partial charge in [-0.3, -0.25) is 14.0 Å². The summed E-state index contributed by atoms with van der Waals surface area (Å²) in [6.45, 7) is 7.79. The first-order valence-electron chi connectivity index (χ1n) is 11.3. The number of thioether (sulfide) groups is 1. The number of fused-ring (bicyclic) bond motifs is 3. The van der Waals surface area contributed by atoms with E-state index in [1.54, 1.807) is 10.6 Å². The van der Waals surface area contributed by atoms with Crippen molar-refractivity contribution in [2.24, 2.45) is 0 Å². The first kappa shape index (κ1) is 22.9. The molecule has 7 nitrogen and oxygen atoms in total. The number of anilines is 1. The van der Waals surface area contributed by atoms with Crippen molar-refractivity contribution in [2.45, 2.75) is 38.1 Å². The van der Waals surface area contributed by atoms with Crippen LogP contribution < -0.4 is 10.9 Å². The van der Waals surface area contributed by atoms with Gasteiger partial charge in [0, 0.05) is 5.69 Å². The fourth-order valence-electron chi connectivity index (χ4n) is 4.02. The summed E-state index contributed by atoms with van der Waals surface area (Å²) in [5.74, 6) is 0.277. The summed E-state index contributed by atoms with van der Waals surface area (Å²) in [7, 11) is 0. The Morgan fingerprint density at radius 2 is 1.66 bits per heavy atom. The van der Waals surface area contributed by atoms with Crippen molar-refractivity contribution in [2.75, 3.05) is 5.32 Å². The Morgan fingerprint density at radius 3 is 2.43 bits per heavy atom. The third kappa shape index (κ3) is 4.21. The molecule has 0 fully saturated rings. The Labute approximate surface area is 206 Å². The molecule has 0 aliphatic carbocycles. The topological polar surface area (TPSA) is 81.3 Å². The van der Waals surface area contributed by atoms with E-state index in [-0.39, 0.29) is 11.5 Å². The quantitative estimate of drug-likeness (QED) is 0.353. The molecule has 0 saturated carbocycles. The highest BCUT2D eigenvalue weighted by atomic mass is 32.2. The Bertz CT molecular complexity index is 1640. The number of carbonyl (C=O) groups is 1. The predicted molar refractivity (Wildman–Crippen MR) is 141 cm³/mol. The van der Waals surface area contributed by atoms with Gasteiger partial charge in [0.1, 0.15) is 0 Å². The van der Waals surface area contributed by atoms with Crippen molar-refractivity contribution in [3.8, 4) is 5.69 Å². The molecular weight excluding hydrogens is 458 g/mol. The lowest BCUT2D eigenvalue weighted by molar-refractivity contribution is -0.115. The van der Waals surface area contributed by atoms with Gasteiger partial charge < -0.3 is 5.32 Å². The number of carbonyl (C=O) groups excluding carboxylic acids is 1. The fraction of sp³-hybridized carbons (Fsp3) is 0.185. The molecule has 0 saturated heterocycles. The largest absolute Gasteiger partial charge is 0.325 e. The monoisotopic (exact) mass is 483 g/mol. The normalized spacial score (nSPS) is 12.2. The number of rotatable bonds is 5. The molecule has 8 heteroatoms. The molecule has 1 atom stereocenters. The lowest BCUT2D eigenvalue weighted by Crippen LogP contribution is -2.24. The average molecular weight is 484 g/mol. The molecule has 2 heterocycles. The van der Waals surface area contributed by atoms with Crippen LogP contribution in [0.5, 0.6) is 0 Å². The Morgan fingerprint density at radius 1 is 0.943 bits per heavy atom. The van der Waals surface area contributed by atoms with Gasteiger partial charge in [-0.25, -0.2) is 4.57 Å². The fourth-order valence-corrected chi connectivity index (χ4v) is 4.88. The summed E-state index contributed by atoms with van der Waals surface area (Å²) in [6.07, 6.45) is 0. The Kier molecular flexibility index (Phi) is 5.90. The first-order valence-corrected chi connectivity index (χ1v) is 12.2. The number of aromatic nitrogens is 4. The third-order valence-electron chi connectivity index (χ3n) is 5.97. The van der Waals surface area contributed by atoms with Gasteiger partial charge in [-0.1, -0.05) is 53.7 Å². The number of hydrogen-bond acceptors (Lipinski definition) is 5. The Hall–Kier alpha value is -3.91.